The van der Waals surface area contributed by atoms with Crippen molar-refractivity contribution in [1.29, 1.82) is 5.26 Å². The van der Waals surface area contributed by atoms with Crippen molar-refractivity contribution in [3.63, 3.8) is 0 Å². The molecule has 0 bridgehead atoms. The summed E-state index contributed by atoms with van der Waals surface area (Å²) in [6, 6.07) is 19.9. The van der Waals surface area contributed by atoms with Crippen LogP contribution in [0.15, 0.2) is 66.9 Å². The summed E-state index contributed by atoms with van der Waals surface area (Å²) < 4.78 is 0. The van der Waals surface area contributed by atoms with Crippen molar-refractivity contribution in [3.8, 4) is 6.07 Å². The number of benzene rings is 2. The monoisotopic (exact) mass is 362 g/mol. The Kier molecular flexibility index (Phi) is 5.47. The Morgan fingerprint density at radius 2 is 1.88 bits per heavy atom. The number of rotatable bonds is 5. The maximum Gasteiger partial charge on any atom is 0.270 e. The first-order chi connectivity index (χ1) is 12.6. The van der Waals surface area contributed by atoms with E-state index in [1.807, 2.05) is 18.2 Å². The summed E-state index contributed by atoms with van der Waals surface area (Å²) in [5.41, 5.74) is 3.37. The number of anilines is 2. The SMILES string of the molecule is N#Cc1cccc(Nc2ccc(C(=O)NCc3ccc(Cl)cc3)nc2)c1. The molecule has 2 N–H and O–H groups in total. The van der Waals surface area contributed by atoms with Gasteiger partial charge in [0.05, 0.1) is 23.5 Å². The molecule has 0 aliphatic heterocycles. The topological polar surface area (TPSA) is 77.8 Å². The van der Waals surface area contributed by atoms with Crippen LogP contribution in [-0.4, -0.2) is 10.9 Å². The highest BCUT2D eigenvalue weighted by Crippen LogP contribution is 2.17. The number of nitrogens with zero attached hydrogens (tertiary/aromatic N) is 2. The molecule has 0 saturated heterocycles. The number of hydrogen-bond donors (Lipinski definition) is 2. The van der Waals surface area contributed by atoms with E-state index in [1.54, 1.807) is 48.7 Å². The molecule has 6 heteroatoms. The third kappa shape index (κ3) is 4.59. The number of carbonyl (C=O) groups excluding carboxylic acids is 1. The lowest BCUT2D eigenvalue weighted by Gasteiger charge is -2.08. The van der Waals surface area contributed by atoms with Crippen molar-refractivity contribution in [2.45, 2.75) is 6.54 Å². The number of nitriles is 1. The van der Waals surface area contributed by atoms with Gasteiger partial charge in [0.25, 0.3) is 5.91 Å². The molecule has 2 aromatic carbocycles. The molecule has 0 aliphatic carbocycles. The van der Waals surface area contributed by atoms with E-state index < -0.39 is 0 Å². The van der Waals surface area contributed by atoms with E-state index in [4.69, 9.17) is 16.9 Å². The van der Waals surface area contributed by atoms with E-state index in [9.17, 15) is 4.79 Å². The van der Waals surface area contributed by atoms with Gasteiger partial charge in [-0.1, -0.05) is 29.8 Å². The van der Waals surface area contributed by atoms with Crippen LogP contribution in [0.5, 0.6) is 0 Å². The molecule has 128 valence electrons. The molecule has 0 radical (unpaired) electrons. The molecule has 1 heterocycles. The fourth-order valence-corrected chi connectivity index (χ4v) is 2.44. The molecule has 0 saturated carbocycles. The van der Waals surface area contributed by atoms with Gasteiger partial charge in [-0.15, -0.1) is 0 Å². The molecular weight excluding hydrogens is 348 g/mol. The third-order valence-electron chi connectivity index (χ3n) is 3.64. The lowest BCUT2D eigenvalue weighted by molar-refractivity contribution is 0.0946. The highest BCUT2D eigenvalue weighted by atomic mass is 35.5. The van der Waals surface area contributed by atoms with Crippen LogP contribution in [0.25, 0.3) is 0 Å². The standard InChI is InChI=1S/C20H15ClN4O/c21-16-6-4-14(5-7-16)12-24-20(26)19-9-8-18(13-23-19)25-17-3-1-2-15(10-17)11-22/h1-10,13,25H,12H2,(H,24,26). The molecule has 0 fully saturated rings. The van der Waals surface area contributed by atoms with Crippen LogP contribution in [0.4, 0.5) is 11.4 Å². The largest absolute Gasteiger partial charge is 0.354 e. The van der Waals surface area contributed by atoms with Crippen molar-refractivity contribution in [1.82, 2.24) is 10.3 Å². The highest BCUT2D eigenvalue weighted by molar-refractivity contribution is 6.30. The first-order valence-corrected chi connectivity index (χ1v) is 8.28. The predicted molar refractivity (Wildman–Crippen MR) is 101 cm³/mol. The van der Waals surface area contributed by atoms with Gasteiger partial charge in [-0.3, -0.25) is 4.79 Å². The van der Waals surface area contributed by atoms with Gasteiger partial charge in [-0.2, -0.15) is 5.26 Å². The van der Waals surface area contributed by atoms with Crippen LogP contribution in [0.2, 0.25) is 5.02 Å². The fourth-order valence-electron chi connectivity index (χ4n) is 2.31. The third-order valence-corrected chi connectivity index (χ3v) is 3.89. The Hall–Kier alpha value is -3.36. The minimum Gasteiger partial charge on any atom is -0.354 e. The van der Waals surface area contributed by atoms with Gasteiger partial charge in [-0.25, -0.2) is 4.98 Å². The van der Waals surface area contributed by atoms with Gasteiger partial charge in [0.15, 0.2) is 0 Å². The molecule has 0 aliphatic rings. The summed E-state index contributed by atoms with van der Waals surface area (Å²) >= 11 is 5.84. The molecule has 0 spiro atoms. The fraction of sp³-hybridized carbons (Fsp3) is 0.0500. The van der Waals surface area contributed by atoms with E-state index in [2.05, 4.69) is 21.7 Å². The number of aromatic nitrogens is 1. The van der Waals surface area contributed by atoms with Crippen molar-refractivity contribution in [3.05, 3.63) is 88.7 Å². The van der Waals surface area contributed by atoms with Gasteiger partial charge in [0, 0.05) is 17.3 Å². The average Bonchev–Trinajstić information content (AvgIpc) is 2.68. The van der Waals surface area contributed by atoms with Gasteiger partial charge in [0.1, 0.15) is 5.69 Å². The number of nitrogens with one attached hydrogen (secondary N) is 2. The maximum atomic E-state index is 12.2. The van der Waals surface area contributed by atoms with E-state index in [0.29, 0.717) is 22.8 Å². The van der Waals surface area contributed by atoms with E-state index >= 15 is 0 Å². The lowest BCUT2D eigenvalue weighted by Crippen LogP contribution is -2.23. The zero-order valence-corrected chi connectivity index (χ0v) is 14.5. The van der Waals surface area contributed by atoms with Crippen molar-refractivity contribution in [2.75, 3.05) is 5.32 Å². The highest BCUT2D eigenvalue weighted by Gasteiger charge is 2.07. The van der Waals surface area contributed by atoms with Crippen LogP contribution in [0.1, 0.15) is 21.6 Å². The number of hydrogen-bond acceptors (Lipinski definition) is 4. The number of pyridine rings is 1. The van der Waals surface area contributed by atoms with Gasteiger partial charge >= 0.3 is 0 Å². The number of carbonyl (C=O) groups is 1. The lowest BCUT2D eigenvalue weighted by atomic mass is 10.2. The second kappa shape index (κ2) is 8.15. The predicted octanol–water partition coefficient (Wildman–Crippen LogP) is 4.28. The van der Waals surface area contributed by atoms with Crippen molar-refractivity contribution < 1.29 is 4.79 Å². The Morgan fingerprint density at radius 3 is 2.58 bits per heavy atom. The quantitative estimate of drug-likeness (QED) is 0.710. The van der Waals surface area contributed by atoms with Crippen molar-refractivity contribution in [2.24, 2.45) is 0 Å². The molecular formula is C20H15ClN4O. The molecule has 3 rings (SSSR count). The van der Waals surface area contributed by atoms with Crippen molar-refractivity contribution >= 4 is 28.9 Å². The minimum absolute atomic E-state index is 0.252. The maximum absolute atomic E-state index is 12.2. The summed E-state index contributed by atoms with van der Waals surface area (Å²) in [5.74, 6) is -0.252. The number of halogens is 1. The molecule has 1 amide bonds. The Morgan fingerprint density at radius 1 is 1.08 bits per heavy atom. The first kappa shape index (κ1) is 17.5. The Balaban J connectivity index is 1.60. The zero-order valence-electron chi connectivity index (χ0n) is 13.7. The molecule has 3 aromatic rings. The molecule has 0 unspecified atom stereocenters. The smallest absolute Gasteiger partial charge is 0.270 e. The second-order valence-electron chi connectivity index (χ2n) is 5.56. The second-order valence-corrected chi connectivity index (χ2v) is 6.00. The number of amides is 1. The molecule has 5 nitrogen and oxygen atoms in total. The summed E-state index contributed by atoms with van der Waals surface area (Å²) in [6.07, 6.45) is 1.58. The van der Waals surface area contributed by atoms with Gasteiger partial charge < -0.3 is 10.6 Å². The summed E-state index contributed by atoms with van der Waals surface area (Å²) in [4.78, 5) is 16.4. The van der Waals surface area contributed by atoms with Crippen LogP contribution in [-0.2, 0) is 6.54 Å². The van der Waals surface area contributed by atoms with Crippen LogP contribution >= 0.6 is 11.6 Å². The summed E-state index contributed by atoms with van der Waals surface area (Å²) in [6.45, 7) is 0.401. The first-order valence-electron chi connectivity index (χ1n) is 7.90. The normalized spacial score (nSPS) is 10.0. The van der Waals surface area contributed by atoms with Gasteiger partial charge in [-0.05, 0) is 48.0 Å². The van der Waals surface area contributed by atoms with E-state index in [-0.39, 0.29) is 5.91 Å². The summed E-state index contributed by atoms with van der Waals surface area (Å²) in [7, 11) is 0. The zero-order chi connectivity index (χ0) is 18.4. The van der Waals surface area contributed by atoms with E-state index in [0.717, 1.165) is 16.9 Å². The Labute approximate surface area is 156 Å². The Bertz CT molecular complexity index is 947. The molecule has 0 atom stereocenters. The van der Waals surface area contributed by atoms with Crippen LogP contribution in [0, 0.1) is 11.3 Å². The van der Waals surface area contributed by atoms with Crippen LogP contribution < -0.4 is 10.6 Å². The summed E-state index contributed by atoms with van der Waals surface area (Å²) in [5, 5.41) is 15.6. The molecule has 26 heavy (non-hydrogen) atoms. The minimum atomic E-state index is -0.252. The van der Waals surface area contributed by atoms with E-state index in [1.165, 1.54) is 0 Å². The van der Waals surface area contributed by atoms with Crippen LogP contribution in [0.3, 0.4) is 0 Å². The average molecular weight is 363 g/mol. The molecule has 1 aromatic heterocycles. The van der Waals surface area contributed by atoms with Gasteiger partial charge in [0.2, 0.25) is 0 Å².